The van der Waals surface area contributed by atoms with E-state index in [1.165, 1.54) is 4.80 Å². The van der Waals surface area contributed by atoms with Crippen LogP contribution in [0.3, 0.4) is 0 Å². The van der Waals surface area contributed by atoms with Gasteiger partial charge in [0.2, 0.25) is 11.7 Å². The van der Waals surface area contributed by atoms with E-state index >= 15 is 0 Å². The normalized spacial score (nSPS) is 12.8. The van der Waals surface area contributed by atoms with Gasteiger partial charge in [-0.2, -0.15) is 4.80 Å². The van der Waals surface area contributed by atoms with Crippen LogP contribution >= 0.6 is 0 Å². The van der Waals surface area contributed by atoms with Gasteiger partial charge in [-0.1, -0.05) is 29.8 Å². The number of aryl methyl sites for hydroxylation is 1. The Hall–Kier alpha value is -3.35. The molecule has 124 valence electrons. The van der Waals surface area contributed by atoms with Crippen LogP contribution in [0.1, 0.15) is 21.5 Å². The molecule has 0 aliphatic carbocycles. The van der Waals surface area contributed by atoms with E-state index in [4.69, 9.17) is 0 Å². The highest BCUT2D eigenvalue weighted by atomic mass is 16.2. The summed E-state index contributed by atoms with van der Waals surface area (Å²) in [7, 11) is 0. The summed E-state index contributed by atoms with van der Waals surface area (Å²) in [6.07, 6.45) is 0.301. The van der Waals surface area contributed by atoms with E-state index in [2.05, 4.69) is 20.7 Å². The van der Waals surface area contributed by atoms with Gasteiger partial charge in [-0.15, -0.1) is 10.2 Å². The molecule has 0 fully saturated rings. The minimum atomic E-state index is -0.130. The average molecular weight is 333 g/mol. The summed E-state index contributed by atoms with van der Waals surface area (Å²) in [6, 6.07) is 13.0. The Bertz CT molecular complexity index is 975. The van der Waals surface area contributed by atoms with Gasteiger partial charge in [0, 0.05) is 16.8 Å². The number of fused-ring (bicyclic) bond motifs is 1. The van der Waals surface area contributed by atoms with Crippen molar-refractivity contribution < 1.29 is 9.59 Å². The van der Waals surface area contributed by atoms with Crippen LogP contribution in [-0.2, 0) is 17.8 Å². The van der Waals surface area contributed by atoms with Crippen molar-refractivity contribution in [3.05, 3.63) is 59.2 Å². The number of hydrogen-bond acceptors (Lipinski definition) is 5. The lowest BCUT2D eigenvalue weighted by atomic mass is 10.1. The molecule has 2 heterocycles. The summed E-state index contributed by atoms with van der Waals surface area (Å²) in [6.45, 7) is 2.01. The van der Waals surface area contributed by atoms with Gasteiger partial charge < -0.3 is 5.32 Å². The first-order valence-corrected chi connectivity index (χ1v) is 7.89. The van der Waals surface area contributed by atoms with Gasteiger partial charge in [-0.05, 0) is 35.9 Å². The molecule has 1 aromatic heterocycles. The Morgan fingerprint density at radius 1 is 1.20 bits per heavy atom. The van der Waals surface area contributed by atoms with Crippen LogP contribution in [0.5, 0.6) is 0 Å². The molecule has 2 aromatic carbocycles. The van der Waals surface area contributed by atoms with E-state index in [1.807, 2.05) is 31.2 Å². The third-order valence-corrected chi connectivity index (χ3v) is 4.10. The second kappa shape index (κ2) is 5.94. The van der Waals surface area contributed by atoms with Crippen molar-refractivity contribution in [2.24, 2.45) is 0 Å². The molecule has 1 aliphatic rings. The molecule has 4 rings (SSSR count). The fourth-order valence-corrected chi connectivity index (χ4v) is 2.75. The molecule has 3 aromatic rings. The predicted octanol–water partition coefficient (Wildman–Crippen LogP) is 2.03. The van der Waals surface area contributed by atoms with Gasteiger partial charge in [-0.3, -0.25) is 9.59 Å². The molecule has 1 N–H and O–H groups in total. The number of aromatic nitrogens is 4. The first-order valence-electron chi connectivity index (χ1n) is 7.89. The van der Waals surface area contributed by atoms with Gasteiger partial charge in [0.1, 0.15) is 6.54 Å². The molecule has 1 amide bonds. The monoisotopic (exact) mass is 333 g/mol. The predicted molar refractivity (Wildman–Crippen MR) is 91.1 cm³/mol. The Morgan fingerprint density at radius 2 is 2.00 bits per heavy atom. The zero-order valence-corrected chi connectivity index (χ0v) is 13.6. The number of hydrogen-bond donors (Lipinski definition) is 1. The smallest absolute Gasteiger partial charge is 0.228 e. The maximum absolute atomic E-state index is 12.5. The third-order valence-electron chi connectivity index (χ3n) is 4.10. The molecular formula is C18H15N5O2. The lowest BCUT2D eigenvalue weighted by molar-refractivity contribution is -0.115. The van der Waals surface area contributed by atoms with E-state index in [0.717, 1.165) is 22.4 Å². The maximum atomic E-state index is 12.5. The number of carbonyl (C=O) groups is 2. The number of benzene rings is 2. The van der Waals surface area contributed by atoms with Crippen molar-refractivity contribution in [3.63, 3.8) is 0 Å². The Morgan fingerprint density at radius 3 is 2.80 bits per heavy atom. The van der Waals surface area contributed by atoms with E-state index in [0.29, 0.717) is 17.8 Å². The molecule has 0 unspecified atom stereocenters. The van der Waals surface area contributed by atoms with Gasteiger partial charge in [0.25, 0.3) is 0 Å². The highest BCUT2D eigenvalue weighted by molar-refractivity contribution is 6.02. The van der Waals surface area contributed by atoms with E-state index in [-0.39, 0.29) is 18.2 Å². The molecule has 7 nitrogen and oxygen atoms in total. The average Bonchev–Trinajstić information content (AvgIpc) is 3.20. The molecule has 0 bridgehead atoms. The van der Waals surface area contributed by atoms with Crippen LogP contribution in [0.2, 0.25) is 0 Å². The Kier molecular flexibility index (Phi) is 3.61. The quantitative estimate of drug-likeness (QED) is 0.738. The number of tetrazole rings is 1. The van der Waals surface area contributed by atoms with Gasteiger partial charge in [0.15, 0.2) is 5.78 Å². The van der Waals surface area contributed by atoms with Crippen LogP contribution in [0, 0.1) is 6.92 Å². The molecule has 0 saturated heterocycles. The molecule has 1 aliphatic heterocycles. The van der Waals surface area contributed by atoms with Crippen LogP contribution in [0.25, 0.3) is 11.4 Å². The fraction of sp³-hybridized carbons (Fsp3) is 0.167. The van der Waals surface area contributed by atoms with Crippen LogP contribution in [0.4, 0.5) is 5.69 Å². The molecule has 7 heteroatoms. The zero-order chi connectivity index (χ0) is 17.4. The first-order chi connectivity index (χ1) is 12.1. The summed E-state index contributed by atoms with van der Waals surface area (Å²) in [5, 5.41) is 15.0. The Balaban J connectivity index is 1.51. The third kappa shape index (κ3) is 3.03. The maximum Gasteiger partial charge on any atom is 0.228 e. The standard InChI is InChI=1S/C18H15N5O2/c1-11-2-4-12(5-3-11)18-20-22-23(21-18)10-16(24)13-6-7-15-14(8-13)9-17(25)19-15/h2-8H,9-10H2,1H3,(H,19,25). The largest absolute Gasteiger partial charge is 0.326 e. The molecule has 25 heavy (non-hydrogen) atoms. The number of amides is 1. The van der Waals surface area contributed by atoms with Gasteiger partial charge in [0.05, 0.1) is 6.42 Å². The summed E-state index contributed by atoms with van der Waals surface area (Å²) >= 11 is 0. The summed E-state index contributed by atoms with van der Waals surface area (Å²) < 4.78 is 0. The van der Waals surface area contributed by atoms with E-state index in [9.17, 15) is 9.59 Å². The fourth-order valence-electron chi connectivity index (χ4n) is 2.75. The topological polar surface area (TPSA) is 89.8 Å². The number of Topliss-reactive ketones (excluding diaryl/α,β-unsaturated/α-hetero) is 1. The van der Waals surface area contributed by atoms with E-state index < -0.39 is 0 Å². The van der Waals surface area contributed by atoms with Crippen molar-refractivity contribution in [3.8, 4) is 11.4 Å². The highest BCUT2D eigenvalue weighted by Crippen LogP contribution is 2.24. The summed E-state index contributed by atoms with van der Waals surface area (Å²) in [4.78, 5) is 25.1. The number of ketones is 1. The summed E-state index contributed by atoms with van der Waals surface area (Å²) in [5.74, 6) is 0.298. The zero-order valence-electron chi connectivity index (χ0n) is 13.6. The number of carbonyl (C=O) groups excluding carboxylic acids is 2. The molecule has 0 radical (unpaired) electrons. The number of nitrogens with zero attached hydrogens (tertiary/aromatic N) is 4. The second-order valence-corrected chi connectivity index (χ2v) is 6.03. The highest BCUT2D eigenvalue weighted by Gasteiger charge is 2.19. The Labute approximate surface area is 143 Å². The lowest BCUT2D eigenvalue weighted by Gasteiger charge is -2.03. The van der Waals surface area contributed by atoms with Gasteiger partial charge >= 0.3 is 0 Å². The van der Waals surface area contributed by atoms with Crippen LogP contribution in [-0.4, -0.2) is 31.9 Å². The van der Waals surface area contributed by atoms with Crippen LogP contribution in [0.15, 0.2) is 42.5 Å². The minimum Gasteiger partial charge on any atom is -0.326 e. The van der Waals surface area contributed by atoms with E-state index in [1.54, 1.807) is 18.2 Å². The molecule has 0 saturated carbocycles. The number of rotatable bonds is 4. The molecule has 0 atom stereocenters. The first kappa shape index (κ1) is 15.2. The summed E-state index contributed by atoms with van der Waals surface area (Å²) in [5.41, 5.74) is 4.14. The second-order valence-electron chi connectivity index (χ2n) is 6.03. The lowest BCUT2D eigenvalue weighted by Crippen LogP contribution is -2.13. The van der Waals surface area contributed by atoms with Crippen molar-refractivity contribution >= 4 is 17.4 Å². The van der Waals surface area contributed by atoms with Crippen molar-refractivity contribution in [2.45, 2.75) is 19.9 Å². The minimum absolute atomic E-state index is 0.000969. The van der Waals surface area contributed by atoms with Crippen LogP contribution < -0.4 is 5.32 Å². The number of nitrogens with one attached hydrogen (secondary N) is 1. The van der Waals surface area contributed by atoms with Crippen molar-refractivity contribution in [2.75, 3.05) is 5.32 Å². The molecular weight excluding hydrogens is 318 g/mol. The molecule has 0 spiro atoms. The van der Waals surface area contributed by atoms with Crippen molar-refractivity contribution in [1.29, 1.82) is 0 Å². The number of anilines is 1. The SMILES string of the molecule is Cc1ccc(-c2nnn(CC(=O)c3ccc4c(c3)CC(=O)N4)n2)cc1. The van der Waals surface area contributed by atoms with Crippen molar-refractivity contribution in [1.82, 2.24) is 20.2 Å². The van der Waals surface area contributed by atoms with Gasteiger partial charge in [-0.25, -0.2) is 0 Å².